The molecule has 0 saturated heterocycles. The molecule has 0 unspecified atom stereocenters. The molecule has 43 heavy (non-hydrogen) atoms. The molecular weight excluding hydrogens is 562 g/mol. The lowest BCUT2D eigenvalue weighted by atomic mass is 10.0. The van der Waals surface area contributed by atoms with Crippen molar-refractivity contribution in [3.63, 3.8) is 0 Å². The smallest absolute Gasteiger partial charge is 0.303 e. The summed E-state index contributed by atoms with van der Waals surface area (Å²) in [4.78, 5) is 26.5. The van der Waals surface area contributed by atoms with Crippen LogP contribution >= 0.6 is 0 Å². The first-order chi connectivity index (χ1) is 20.3. The van der Waals surface area contributed by atoms with Gasteiger partial charge in [0.2, 0.25) is 5.91 Å². The number of anilines is 1. The summed E-state index contributed by atoms with van der Waals surface area (Å²) in [5.74, 6) is 1.10. The van der Waals surface area contributed by atoms with Gasteiger partial charge in [-0.15, -0.1) is 0 Å². The Balaban J connectivity index is 1.87. The summed E-state index contributed by atoms with van der Waals surface area (Å²) >= 11 is 0. The number of hydrogen-bond donors (Lipinski definition) is 3. The quantitative estimate of drug-likeness (QED) is 0.265. The van der Waals surface area contributed by atoms with Crippen LogP contribution in [-0.4, -0.2) is 70.9 Å². The van der Waals surface area contributed by atoms with Crippen molar-refractivity contribution in [1.29, 1.82) is 0 Å². The highest BCUT2D eigenvalue weighted by molar-refractivity contribution is 7.90. The highest BCUT2D eigenvalue weighted by Gasteiger charge is 2.29. The topological polar surface area (TPSA) is 111 Å². The number of nitrogens with one attached hydrogen (secondary N) is 3. The van der Waals surface area contributed by atoms with E-state index < -0.39 is 10.2 Å². The zero-order valence-corrected chi connectivity index (χ0v) is 27.4. The molecule has 0 aromatic heterocycles. The predicted octanol–water partition coefficient (Wildman–Crippen LogP) is 4.08. The molecule has 3 N–H and O–H groups in total. The molecule has 0 bridgehead atoms. The number of carbonyl (C=O) groups excluding carboxylic acids is 2. The number of allylic oxidation sites excluding steroid dienone is 1. The standard InChI is InChI=1S/C33H49N5O4S/c1-8-31(33(40)35-21-23(2)3)34-22-29(18-25-12-10-9-11-13-25)36-32(39)28-17-26(14-15-27-16-24(27)4)19-30(20-28)38(7)43(41,42)37(5)6/h9-15,17,19-20,23-24,27,29,31,34H,8,16,18,21-22H2,1-7H3,(H,35,40)(H,36,39)/b15-14-/t24-,27-,29-,31-/m0/s1. The summed E-state index contributed by atoms with van der Waals surface area (Å²) < 4.78 is 28.2. The lowest BCUT2D eigenvalue weighted by Gasteiger charge is -2.25. The molecule has 1 aliphatic carbocycles. The summed E-state index contributed by atoms with van der Waals surface area (Å²) in [5.41, 5.74) is 2.57. The van der Waals surface area contributed by atoms with Gasteiger partial charge in [0.25, 0.3) is 5.91 Å². The highest BCUT2D eigenvalue weighted by atomic mass is 32.2. The van der Waals surface area contributed by atoms with Crippen LogP contribution in [0.15, 0.2) is 54.6 Å². The van der Waals surface area contributed by atoms with Gasteiger partial charge >= 0.3 is 10.2 Å². The lowest BCUT2D eigenvalue weighted by Crippen LogP contribution is -2.50. The van der Waals surface area contributed by atoms with Crippen molar-refractivity contribution in [2.75, 3.05) is 38.5 Å². The Kier molecular flexibility index (Phi) is 12.4. The molecule has 0 spiro atoms. The molecule has 2 aromatic rings. The van der Waals surface area contributed by atoms with Gasteiger partial charge < -0.3 is 16.0 Å². The van der Waals surface area contributed by atoms with E-state index in [4.69, 9.17) is 0 Å². The molecule has 0 aliphatic heterocycles. The highest BCUT2D eigenvalue weighted by Crippen LogP contribution is 2.39. The fraction of sp³-hybridized carbons (Fsp3) is 0.515. The van der Waals surface area contributed by atoms with Crippen molar-refractivity contribution in [3.8, 4) is 0 Å². The molecule has 2 aromatic carbocycles. The van der Waals surface area contributed by atoms with Gasteiger partial charge in [0, 0.05) is 45.8 Å². The Labute approximate surface area is 258 Å². The third-order valence-electron chi connectivity index (χ3n) is 7.76. The van der Waals surface area contributed by atoms with Crippen molar-refractivity contribution in [2.45, 2.75) is 59.0 Å². The van der Waals surface area contributed by atoms with Crippen LogP contribution in [0.3, 0.4) is 0 Å². The van der Waals surface area contributed by atoms with Gasteiger partial charge in [-0.05, 0) is 66.3 Å². The number of hydrogen-bond acceptors (Lipinski definition) is 5. The van der Waals surface area contributed by atoms with E-state index in [1.807, 2.05) is 43.3 Å². The van der Waals surface area contributed by atoms with Gasteiger partial charge in [-0.2, -0.15) is 12.7 Å². The number of carbonyl (C=O) groups is 2. The van der Waals surface area contributed by atoms with Crippen LogP contribution < -0.4 is 20.3 Å². The molecule has 236 valence electrons. The first-order valence-electron chi connectivity index (χ1n) is 15.2. The van der Waals surface area contributed by atoms with E-state index in [-0.39, 0.29) is 23.9 Å². The van der Waals surface area contributed by atoms with Crippen LogP contribution in [0.5, 0.6) is 0 Å². The van der Waals surface area contributed by atoms with E-state index in [9.17, 15) is 18.0 Å². The Morgan fingerprint density at radius 2 is 1.72 bits per heavy atom. The third kappa shape index (κ3) is 10.2. The van der Waals surface area contributed by atoms with Crippen molar-refractivity contribution >= 4 is 33.8 Å². The molecule has 4 atom stereocenters. The molecule has 0 radical (unpaired) electrons. The maximum atomic E-state index is 13.8. The Hall–Kier alpha value is -3.21. The summed E-state index contributed by atoms with van der Waals surface area (Å²) in [6, 6.07) is 14.4. The van der Waals surface area contributed by atoms with Crippen LogP contribution in [0.2, 0.25) is 0 Å². The molecule has 2 amide bonds. The number of amides is 2. The van der Waals surface area contributed by atoms with Crippen molar-refractivity contribution in [2.24, 2.45) is 17.8 Å². The minimum absolute atomic E-state index is 0.0553. The van der Waals surface area contributed by atoms with E-state index in [0.29, 0.717) is 54.9 Å². The third-order valence-corrected chi connectivity index (χ3v) is 9.59. The van der Waals surface area contributed by atoms with Gasteiger partial charge in [0.1, 0.15) is 0 Å². The lowest BCUT2D eigenvalue weighted by molar-refractivity contribution is -0.123. The van der Waals surface area contributed by atoms with Crippen LogP contribution in [0.1, 0.15) is 62.0 Å². The Morgan fingerprint density at radius 1 is 1.05 bits per heavy atom. The fourth-order valence-corrected chi connectivity index (χ4v) is 5.61. The van der Waals surface area contributed by atoms with Crippen LogP contribution in [0.25, 0.3) is 6.08 Å². The molecule has 1 aliphatic rings. The van der Waals surface area contributed by atoms with E-state index in [1.54, 1.807) is 18.2 Å². The maximum absolute atomic E-state index is 13.8. The number of nitrogens with zero attached hydrogens (tertiary/aromatic N) is 2. The molecule has 1 saturated carbocycles. The van der Waals surface area contributed by atoms with Crippen LogP contribution in [0, 0.1) is 17.8 Å². The molecule has 0 heterocycles. The average molecular weight is 612 g/mol. The molecule has 9 nitrogen and oxygen atoms in total. The maximum Gasteiger partial charge on any atom is 0.303 e. The van der Waals surface area contributed by atoms with Gasteiger partial charge in [-0.25, -0.2) is 0 Å². The molecular formula is C33H49N5O4S. The first-order valence-corrected chi connectivity index (χ1v) is 16.6. The molecule has 3 rings (SSSR count). The van der Waals surface area contributed by atoms with E-state index in [0.717, 1.165) is 21.9 Å². The number of rotatable bonds is 16. The van der Waals surface area contributed by atoms with Gasteiger partial charge in [0.05, 0.1) is 11.7 Å². The summed E-state index contributed by atoms with van der Waals surface area (Å²) in [7, 11) is 0.685. The summed E-state index contributed by atoms with van der Waals surface area (Å²) in [6.07, 6.45) is 6.39. The average Bonchev–Trinajstić information content (AvgIpc) is 3.69. The molecule has 10 heteroatoms. The molecule has 1 fully saturated rings. The van der Waals surface area contributed by atoms with Gasteiger partial charge in [-0.1, -0.05) is 70.2 Å². The minimum Gasteiger partial charge on any atom is -0.354 e. The number of benzene rings is 2. The second kappa shape index (κ2) is 15.5. The van der Waals surface area contributed by atoms with Gasteiger partial charge in [0.15, 0.2) is 0 Å². The van der Waals surface area contributed by atoms with E-state index in [2.05, 4.69) is 42.8 Å². The van der Waals surface area contributed by atoms with Crippen LogP contribution in [-0.2, 0) is 21.4 Å². The Morgan fingerprint density at radius 3 is 2.30 bits per heavy atom. The summed E-state index contributed by atoms with van der Waals surface area (Å²) in [6.45, 7) is 9.24. The second-order valence-electron chi connectivity index (χ2n) is 12.2. The van der Waals surface area contributed by atoms with Crippen molar-refractivity contribution in [1.82, 2.24) is 20.3 Å². The fourth-order valence-electron chi connectivity index (χ4n) is 4.75. The SMILES string of the molecule is CC[C@H](NC[C@H](Cc1ccccc1)NC(=O)c1cc(/C=C\[C@H]2C[C@@H]2C)cc(N(C)S(=O)(=O)N(C)C)c1)C(=O)NCC(C)C. The van der Waals surface area contributed by atoms with Gasteiger partial charge in [-0.3, -0.25) is 13.9 Å². The second-order valence-corrected chi connectivity index (χ2v) is 14.3. The largest absolute Gasteiger partial charge is 0.354 e. The minimum atomic E-state index is -3.76. The zero-order chi connectivity index (χ0) is 31.7. The zero-order valence-electron chi connectivity index (χ0n) is 26.6. The van der Waals surface area contributed by atoms with Crippen molar-refractivity contribution < 1.29 is 18.0 Å². The normalized spacial score (nSPS) is 18.1. The summed E-state index contributed by atoms with van der Waals surface area (Å²) in [5, 5.41) is 9.50. The Bertz CT molecular complexity index is 1360. The van der Waals surface area contributed by atoms with Crippen molar-refractivity contribution in [3.05, 3.63) is 71.3 Å². The predicted molar refractivity (Wildman–Crippen MR) is 175 cm³/mol. The monoisotopic (exact) mass is 611 g/mol. The van der Waals surface area contributed by atoms with E-state index in [1.165, 1.54) is 25.4 Å². The van der Waals surface area contributed by atoms with E-state index >= 15 is 0 Å². The first kappa shape index (κ1) is 34.3. The van der Waals surface area contributed by atoms with Crippen LogP contribution in [0.4, 0.5) is 5.69 Å².